The highest BCUT2D eigenvalue weighted by Gasteiger charge is 2.12. The van der Waals surface area contributed by atoms with Gasteiger partial charge in [-0.25, -0.2) is 4.39 Å². The SMILES string of the molecule is CN(CCN1CCCC1)Cc1cc(CN)ccc1F. The van der Waals surface area contributed by atoms with Gasteiger partial charge in [0.05, 0.1) is 0 Å². The van der Waals surface area contributed by atoms with Crippen LogP contribution in [0.15, 0.2) is 18.2 Å². The summed E-state index contributed by atoms with van der Waals surface area (Å²) in [6.45, 7) is 5.59. The molecule has 1 saturated heterocycles. The van der Waals surface area contributed by atoms with E-state index in [1.165, 1.54) is 32.0 Å². The van der Waals surface area contributed by atoms with Crippen molar-refractivity contribution >= 4 is 0 Å². The van der Waals surface area contributed by atoms with Crippen molar-refractivity contribution in [1.29, 1.82) is 0 Å². The first-order valence-electron chi connectivity index (χ1n) is 7.07. The summed E-state index contributed by atoms with van der Waals surface area (Å²) in [5.74, 6) is -0.134. The Hall–Kier alpha value is -0.970. The van der Waals surface area contributed by atoms with Crippen molar-refractivity contribution in [3.63, 3.8) is 0 Å². The summed E-state index contributed by atoms with van der Waals surface area (Å²) in [6, 6.07) is 5.15. The van der Waals surface area contributed by atoms with Gasteiger partial charge < -0.3 is 15.5 Å². The fourth-order valence-corrected chi connectivity index (χ4v) is 2.56. The predicted octanol–water partition coefficient (Wildman–Crippen LogP) is 1.81. The molecule has 1 fully saturated rings. The maximum absolute atomic E-state index is 13.7. The smallest absolute Gasteiger partial charge is 0.127 e. The zero-order valence-electron chi connectivity index (χ0n) is 11.7. The number of hydrogen-bond acceptors (Lipinski definition) is 3. The molecule has 0 radical (unpaired) electrons. The number of benzene rings is 1. The fourth-order valence-electron chi connectivity index (χ4n) is 2.56. The van der Waals surface area contributed by atoms with Gasteiger partial charge in [0.2, 0.25) is 0 Å². The molecular formula is C15H24FN3. The third-order valence-electron chi connectivity index (χ3n) is 3.78. The number of rotatable bonds is 6. The van der Waals surface area contributed by atoms with Gasteiger partial charge in [0.15, 0.2) is 0 Å². The molecule has 1 aromatic carbocycles. The van der Waals surface area contributed by atoms with Crippen molar-refractivity contribution in [3.8, 4) is 0 Å². The zero-order valence-corrected chi connectivity index (χ0v) is 11.7. The molecule has 0 unspecified atom stereocenters. The van der Waals surface area contributed by atoms with Crippen molar-refractivity contribution in [2.24, 2.45) is 5.73 Å². The van der Waals surface area contributed by atoms with E-state index in [1.54, 1.807) is 6.07 Å². The van der Waals surface area contributed by atoms with Crippen LogP contribution in [0.4, 0.5) is 4.39 Å². The Morgan fingerprint density at radius 2 is 2.05 bits per heavy atom. The quantitative estimate of drug-likeness (QED) is 0.851. The van der Waals surface area contributed by atoms with Gasteiger partial charge in [-0.1, -0.05) is 12.1 Å². The normalized spacial score (nSPS) is 16.4. The van der Waals surface area contributed by atoms with Crippen LogP contribution in [0.5, 0.6) is 0 Å². The third-order valence-corrected chi connectivity index (χ3v) is 3.78. The van der Waals surface area contributed by atoms with Crippen molar-refractivity contribution in [2.75, 3.05) is 33.2 Å². The van der Waals surface area contributed by atoms with Gasteiger partial charge in [-0.2, -0.15) is 0 Å². The topological polar surface area (TPSA) is 32.5 Å². The van der Waals surface area contributed by atoms with Crippen LogP contribution in [0.2, 0.25) is 0 Å². The van der Waals surface area contributed by atoms with Gasteiger partial charge in [-0.15, -0.1) is 0 Å². The first kappa shape index (κ1) is 14.4. The molecule has 1 heterocycles. The molecule has 0 saturated carbocycles. The number of likely N-dealkylation sites (N-methyl/N-ethyl adjacent to an activating group) is 1. The van der Waals surface area contributed by atoms with Crippen LogP contribution >= 0.6 is 0 Å². The molecule has 0 bridgehead atoms. The van der Waals surface area contributed by atoms with Gasteiger partial charge in [0.25, 0.3) is 0 Å². The Balaban J connectivity index is 1.85. The lowest BCUT2D eigenvalue weighted by Gasteiger charge is -2.21. The standard InChI is InChI=1S/C15H24FN3/c1-18(8-9-19-6-2-3-7-19)12-14-10-13(11-17)4-5-15(14)16/h4-5,10H,2-3,6-9,11-12,17H2,1H3. The highest BCUT2D eigenvalue weighted by molar-refractivity contribution is 5.24. The number of likely N-dealkylation sites (tertiary alicyclic amines) is 1. The molecular weight excluding hydrogens is 241 g/mol. The molecule has 0 amide bonds. The van der Waals surface area contributed by atoms with Crippen molar-refractivity contribution in [3.05, 3.63) is 35.1 Å². The molecule has 106 valence electrons. The van der Waals surface area contributed by atoms with Crippen molar-refractivity contribution in [1.82, 2.24) is 9.80 Å². The molecule has 0 atom stereocenters. The lowest BCUT2D eigenvalue weighted by atomic mass is 10.1. The van der Waals surface area contributed by atoms with E-state index < -0.39 is 0 Å². The van der Waals surface area contributed by atoms with Crippen LogP contribution in [-0.2, 0) is 13.1 Å². The second-order valence-electron chi connectivity index (χ2n) is 5.42. The van der Waals surface area contributed by atoms with E-state index in [1.807, 2.05) is 13.1 Å². The fraction of sp³-hybridized carbons (Fsp3) is 0.600. The van der Waals surface area contributed by atoms with Crippen LogP contribution in [-0.4, -0.2) is 43.0 Å². The number of hydrogen-bond donors (Lipinski definition) is 1. The number of nitrogens with zero attached hydrogens (tertiary/aromatic N) is 2. The third kappa shape index (κ3) is 4.27. The minimum Gasteiger partial charge on any atom is -0.326 e. The van der Waals surface area contributed by atoms with Gasteiger partial charge in [-0.3, -0.25) is 0 Å². The molecule has 2 N–H and O–H groups in total. The largest absolute Gasteiger partial charge is 0.326 e. The van der Waals surface area contributed by atoms with Crippen molar-refractivity contribution in [2.45, 2.75) is 25.9 Å². The van der Waals surface area contributed by atoms with E-state index in [0.717, 1.165) is 24.2 Å². The summed E-state index contributed by atoms with van der Waals surface area (Å²) in [5.41, 5.74) is 7.33. The lowest BCUT2D eigenvalue weighted by Crippen LogP contribution is -2.31. The summed E-state index contributed by atoms with van der Waals surface area (Å²) < 4.78 is 13.7. The van der Waals surface area contributed by atoms with Crippen LogP contribution in [0, 0.1) is 5.82 Å². The van der Waals surface area contributed by atoms with Gasteiger partial charge in [-0.05, 0) is 44.6 Å². The summed E-state index contributed by atoms with van der Waals surface area (Å²) in [4.78, 5) is 4.65. The summed E-state index contributed by atoms with van der Waals surface area (Å²) >= 11 is 0. The van der Waals surface area contributed by atoms with Gasteiger partial charge >= 0.3 is 0 Å². The summed E-state index contributed by atoms with van der Waals surface area (Å²) in [6.07, 6.45) is 2.63. The Bertz CT molecular complexity index is 402. The van der Waals surface area contributed by atoms with E-state index in [-0.39, 0.29) is 5.82 Å². The first-order chi connectivity index (χ1) is 9.19. The Morgan fingerprint density at radius 1 is 1.32 bits per heavy atom. The van der Waals surface area contributed by atoms with E-state index >= 15 is 0 Å². The Kier molecular flexibility index (Phi) is 5.31. The summed E-state index contributed by atoms with van der Waals surface area (Å²) in [7, 11) is 2.05. The zero-order chi connectivity index (χ0) is 13.7. The average Bonchev–Trinajstić information content (AvgIpc) is 2.92. The highest BCUT2D eigenvalue weighted by Crippen LogP contribution is 2.13. The monoisotopic (exact) mass is 265 g/mol. The highest BCUT2D eigenvalue weighted by atomic mass is 19.1. The molecule has 2 rings (SSSR count). The molecule has 1 aromatic rings. The second-order valence-corrected chi connectivity index (χ2v) is 5.42. The van der Waals surface area contributed by atoms with E-state index in [2.05, 4.69) is 9.80 Å². The second kappa shape index (κ2) is 6.98. The van der Waals surface area contributed by atoms with E-state index in [4.69, 9.17) is 5.73 Å². The predicted molar refractivity (Wildman–Crippen MR) is 76.3 cm³/mol. The Morgan fingerprint density at radius 3 is 2.74 bits per heavy atom. The van der Waals surface area contributed by atoms with E-state index in [9.17, 15) is 4.39 Å². The maximum atomic E-state index is 13.7. The number of halogens is 1. The number of nitrogens with two attached hydrogens (primary N) is 1. The molecule has 0 spiro atoms. The molecule has 0 aliphatic carbocycles. The van der Waals surface area contributed by atoms with Gasteiger partial charge in [0, 0.05) is 31.7 Å². The van der Waals surface area contributed by atoms with Crippen LogP contribution < -0.4 is 5.73 Å². The van der Waals surface area contributed by atoms with Gasteiger partial charge in [0.1, 0.15) is 5.82 Å². The molecule has 1 aliphatic heterocycles. The van der Waals surface area contributed by atoms with Crippen LogP contribution in [0.25, 0.3) is 0 Å². The molecule has 19 heavy (non-hydrogen) atoms. The van der Waals surface area contributed by atoms with Crippen LogP contribution in [0.1, 0.15) is 24.0 Å². The van der Waals surface area contributed by atoms with Crippen LogP contribution in [0.3, 0.4) is 0 Å². The van der Waals surface area contributed by atoms with E-state index in [0.29, 0.717) is 13.1 Å². The summed E-state index contributed by atoms with van der Waals surface area (Å²) in [5, 5.41) is 0. The Labute approximate surface area is 115 Å². The minimum absolute atomic E-state index is 0.134. The molecule has 0 aromatic heterocycles. The molecule has 3 nitrogen and oxygen atoms in total. The van der Waals surface area contributed by atoms with Crippen molar-refractivity contribution < 1.29 is 4.39 Å². The molecule has 4 heteroatoms. The lowest BCUT2D eigenvalue weighted by molar-refractivity contribution is 0.250. The first-order valence-corrected chi connectivity index (χ1v) is 7.07. The average molecular weight is 265 g/mol. The molecule has 1 aliphatic rings. The minimum atomic E-state index is -0.134. The maximum Gasteiger partial charge on any atom is 0.127 e.